The quantitative estimate of drug-likeness (QED) is 0.656. The highest BCUT2D eigenvalue weighted by Gasteiger charge is 2.13. The highest BCUT2D eigenvalue weighted by atomic mass is 32.1. The third-order valence-corrected chi connectivity index (χ3v) is 3.77. The van der Waals surface area contributed by atoms with Crippen LogP contribution in [0.5, 0.6) is 0 Å². The van der Waals surface area contributed by atoms with E-state index in [-0.39, 0.29) is 0 Å². The van der Waals surface area contributed by atoms with Crippen molar-refractivity contribution < 1.29 is 0 Å². The third kappa shape index (κ3) is 1.56. The molecule has 0 saturated heterocycles. The maximum atomic E-state index is 4.64. The number of aryl methyl sites for hydroxylation is 3. The standard InChI is InChI=1S/C13H13N3S/c1-8-7-9(2)16-10(3)12(15-13(16)14-8)11-5-4-6-17-11/h4-7H,1-3H3. The van der Waals surface area contributed by atoms with E-state index in [1.54, 1.807) is 11.3 Å². The number of thiophene rings is 1. The molecule has 0 amide bonds. The summed E-state index contributed by atoms with van der Waals surface area (Å²) in [6.07, 6.45) is 0. The SMILES string of the molecule is Cc1cc(C)n2c(C)c(-c3cccs3)nc2n1. The van der Waals surface area contributed by atoms with E-state index in [9.17, 15) is 0 Å². The van der Waals surface area contributed by atoms with Gasteiger partial charge in [0.1, 0.15) is 5.69 Å². The normalized spacial score (nSPS) is 11.2. The Morgan fingerprint density at radius 2 is 2.00 bits per heavy atom. The van der Waals surface area contributed by atoms with Gasteiger partial charge in [0.05, 0.1) is 10.6 Å². The minimum absolute atomic E-state index is 0.795. The molecule has 0 spiro atoms. The van der Waals surface area contributed by atoms with Crippen LogP contribution in [-0.2, 0) is 0 Å². The molecule has 3 nitrogen and oxygen atoms in total. The molecule has 3 aromatic rings. The zero-order valence-electron chi connectivity index (χ0n) is 10.1. The number of rotatable bonds is 1. The summed E-state index contributed by atoms with van der Waals surface area (Å²) in [6.45, 7) is 6.19. The lowest BCUT2D eigenvalue weighted by Crippen LogP contribution is -1.97. The van der Waals surface area contributed by atoms with Gasteiger partial charge in [0.25, 0.3) is 0 Å². The van der Waals surface area contributed by atoms with Gasteiger partial charge < -0.3 is 0 Å². The van der Waals surface area contributed by atoms with E-state index in [4.69, 9.17) is 0 Å². The summed E-state index contributed by atoms with van der Waals surface area (Å²) >= 11 is 1.71. The first-order chi connectivity index (χ1) is 8.16. The number of fused-ring (bicyclic) bond motifs is 1. The lowest BCUT2D eigenvalue weighted by atomic mass is 10.3. The Bertz CT molecular complexity index is 680. The van der Waals surface area contributed by atoms with Gasteiger partial charge in [-0.25, -0.2) is 9.97 Å². The zero-order chi connectivity index (χ0) is 12.0. The Morgan fingerprint density at radius 3 is 2.71 bits per heavy atom. The summed E-state index contributed by atoms with van der Waals surface area (Å²) in [5.41, 5.74) is 4.40. The molecule has 0 bridgehead atoms. The Balaban J connectivity index is 2.36. The minimum atomic E-state index is 0.795. The van der Waals surface area contributed by atoms with Gasteiger partial charge in [-0.2, -0.15) is 0 Å². The zero-order valence-corrected chi connectivity index (χ0v) is 10.9. The van der Waals surface area contributed by atoms with Crippen molar-refractivity contribution >= 4 is 17.1 Å². The Kier molecular flexibility index (Phi) is 2.26. The summed E-state index contributed by atoms with van der Waals surface area (Å²) in [5.74, 6) is 0.795. The van der Waals surface area contributed by atoms with Crippen molar-refractivity contribution in [1.82, 2.24) is 14.4 Å². The van der Waals surface area contributed by atoms with E-state index < -0.39 is 0 Å². The highest BCUT2D eigenvalue weighted by Crippen LogP contribution is 2.27. The average molecular weight is 243 g/mol. The van der Waals surface area contributed by atoms with Crippen molar-refractivity contribution in [1.29, 1.82) is 0 Å². The van der Waals surface area contributed by atoms with Crippen molar-refractivity contribution in [3.8, 4) is 10.6 Å². The molecule has 0 fully saturated rings. The predicted molar refractivity (Wildman–Crippen MR) is 70.5 cm³/mol. The fourth-order valence-electron chi connectivity index (χ4n) is 2.19. The molecule has 0 saturated carbocycles. The number of hydrogen-bond donors (Lipinski definition) is 0. The van der Waals surface area contributed by atoms with Gasteiger partial charge in [-0.15, -0.1) is 11.3 Å². The molecule has 0 N–H and O–H groups in total. The van der Waals surface area contributed by atoms with Crippen molar-refractivity contribution in [2.45, 2.75) is 20.8 Å². The predicted octanol–water partition coefficient (Wildman–Crippen LogP) is 3.38. The molecular weight excluding hydrogens is 230 g/mol. The van der Waals surface area contributed by atoms with Crippen LogP contribution >= 0.6 is 11.3 Å². The van der Waals surface area contributed by atoms with Gasteiger partial charge >= 0.3 is 0 Å². The smallest absolute Gasteiger partial charge is 0.235 e. The summed E-state index contributed by atoms with van der Waals surface area (Å²) in [4.78, 5) is 10.3. The van der Waals surface area contributed by atoms with Gasteiger partial charge in [0.2, 0.25) is 5.78 Å². The van der Waals surface area contributed by atoms with E-state index >= 15 is 0 Å². The Hall–Kier alpha value is -1.68. The maximum absolute atomic E-state index is 4.64. The van der Waals surface area contributed by atoms with Gasteiger partial charge in [-0.1, -0.05) is 6.07 Å². The van der Waals surface area contributed by atoms with E-state index in [0.717, 1.165) is 22.9 Å². The van der Waals surface area contributed by atoms with E-state index in [2.05, 4.69) is 51.8 Å². The van der Waals surface area contributed by atoms with E-state index in [1.807, 2.05) is 6.92 Å². The van der Waals surface area contributed by atoms with Crippen LogP contribution in [0.1, 0.15) is 17.1 Å². The monoisotopic (exact) mass is 243 g/mol. The number of nitrogens with zero attached hydrogens (tertiary/aromatic N) is 3. The topological polar surface area (TPSA) is 30.2 Å². The molecular formula is C13H13N3S. The third-order valence-electron chi connectivity index (χ3n) is 2.89. The summed E-state index contributed by atoms with van der Waals surface area (Å²) in [7, 11) is 0. The van der Waals surface area contributed by atoms with Crippen LogP contribution in [0.25, 0.3) is 16.3 Å². The summed E-state index contributed by atoms with van der Waals surface area (Å²) in [5, 5.41) is 2.07. The van der Waals surface area contributed by atoms with E-state index in [1.165, 1.54) is 10.6 Å². The first-order valence-corrected chi connectivity index (χ1v) is 6.42. The van der Waals surface area contributed by atoms with Gasteiger partial charge in [-0.05, 0) is 38.3 Å². The second-order valence-corrected chi connectivity index (χ2v) is 5.15. The number of imidazole rings is 1. The van der Waals surface area contributed by atoms with Gasteiger partial charge in [0, 0.05) is 11.4 Å². The molecule has 0 aliphatic heterocycles. The van der Waals surface area contributed by atoms with Crippen LogP contribution in [0.3, 0.4) is 0 Å². The van der Waals surface area contributed by atoms with Gasteiger partial charge in [-0.3, -0.25) is 4.40 Å². The molecule has 0 aliphatic carbocycles. The van der Waals surface area contributed by atoms with Gasteiger partial charge in [0.15, 0.2) is 0 Å². The Morgan fingerprint density at radius 1 is 1.18 bits per heavy atom. The van der Waals surface area contributed by atoms with Crippen LogP contribution in [0.15, 0.2) is 23.6 Å². The first-order valence-electron chi connectivity index (χ1n) is 5.54. The Labute approximate surface area is 104 Å². The highest BCUT2D eigenvalue weighted by molar-refractivity contribution is 7.13. The molecule has 0 atom stereocenters. The molecule has 0 aliphatic rings. The molecule has 0 unspecified atom stereocenters. The summed E-state index contributed by atoms with van der Waals surface area (Å²) < 4.78 is 2.11. The van der Waals surface area contributed by atoms with Crippen molar-refractivity contribution in [3.05, 3.63) is 40.7 Å². The van der Waals surface area contributed by atoms with E-state index in [0.29, 0.717) is 0 Å². The fraction of sp³-hybridized carbons (Fsp3) is 0.231. The van der Waals surface area contributed by atoms with Crippen molar-refractivity contribution in [2.24, 2.45) is 0 Å². The average Bonchev–Trinajstić information content (AvgIpc) is 2.85. The first kappa shape index (κ1) is 10.5. The molecule has 3 rings (SSSR count). The summed E-state index contributed by atoms with van der Waals surface area (Å²) in [6, 6.07) is 6.23. The van der Waals surface area contributed by atoms with Crippen LogP contribution < -0.4 is 0 Å². The lowest BCUT2D eigenvalue weighted by molar-refractivity contribution is 0.982. The molecule has 17 heavy (non-hydrogen) atoms. The van der Waals surface area contributed by atoms with Crippen molar-refractivity contribution in [2.75, 3.05) is 0 Å². The second-order valence-electron chi connectivity index (χ2n) is 4.20. The second kappa shape index (κ2) is 3.67. The minimum Gasteiger partial charge on any atom is -0.285 e. The largest absolute Gasteiger partial charge is 0.285 e. The molecule has 3 heterocycles. The lowest BCUT2D eigenvalue weighted by Gasteiger charge is -2.02. The number of hydrogen-bond acceptors (Lipinski definition) is 3. The van der Waals surface area contributed by atoms with Crippen LogP contribution in [0.2, 0.25) is 0 Å². The molecule has 3 aromatic heterocycles. The van der Waals surface area contributed by atoms with Crippen LogP contribution in [-0.4, -0.2) is 14.4 Å². The van der Waals surface area contributed by atoms with Crippen LogP contribution in [0.4, 0.5) is 0 Å². The molecule has 86 valence electrons. The molecule has 0 aromatic carbocycles. The fourth-order valence-corrected chi connectivity index (χ4v) is 2.95. The maximum Gasteiger partial charge on any atom is 0.235 e. The molecule has 0 radical (unpaired) electrons. The van der Waals surface area contributed by atoms with Crippen LogP contribution in [0, 0.1) is 20.8 Å². The van der Waals surface area contributed by atoms with Crippen molar-refractivity contribution in [3.63, 3.8) is 0 Å². The molecule has 4 heteroatoms. The number of aromatic nitrogens is 3.